The zero-order chi connectivity index (χ0) is 25.0. The molecule has 0 N–H and O–H groups in total. The molecule has 0 saturated carbocycles. The summed E-state index contributed by atoms with van der Waals surface area (Å²) >= 11 is 0. The van der Waals surface area contributed by atoms with Gasteiger partial charge in [-0.05, 0) is 53.9 Å². The third kappa shape index (κ3) is 3.57. The predicted molar refractivity (Wildman–Crippen MR) is 136 cm³/mol. The fourth-order valence-electron chi connectivity index (χ4n) is 5.35. The Morgan fingerprint density at radius 1 is 0.694 bits per heavy atom. The highest BCUT2D eigenvalue weighted by molar-refractivity contribution is 7.92. The van der Waals surface area contributed by atoms with Crippen molar-refractivity contribution in [3.8, 4) is 0 Å². The first-order valence-electron chi connectivity index (χ1n) is 11.6. The average molecular weight is 521 g/mol. The summed E-state index contributed by atoms with van der Waals surface area (Å²) in [6.45, 7) is 0.316. The van der Waals surface area contributed by atoms with Gasteiger partial charge in [-0.15, -0.1) is 0 Å². The Bertz CT molecular complexity index is 1630. The van der Waals surface area contributed by atoms with Crippen molar-refractivity contribution in [2.45, 2.75) is 28.2 Å². The number of para-hydroxylation sites is 1. The zero-order valence-corrected chi connectivity index (χ0v) is 21.0. The minimum absolute atomic E-state index is 0.0783. The molecule has 1 aromatic heterocycles. The second kappa shape index (κ2) is 8.33. The normalized spacial score (nSPS) is 20.2. The van der Waals surface area contributed by atoms with Crippen LogP contribution in [-0.2, 0) is 38.4 Å². The first-order valence-corrected chi connectivity index (χ1v) is 14.5. The second-order valence-electron chi connectivity index (χ2n) is 9.25. The Kier molecular flexibility index (Phi) is 5.33. The van der Waals surface area contributed by atoms with Crippen LogP contribution in [-0.4, -0.2) is 34.2 Å². The summed E-state index contributed by atoms with van der Waals surface area (Å²) in [5, 5.41) is 0. The summed E-state index contributed by atoms with van der Waals surface area (Å²) in [5.74, 6) is 0.577. The SMILES string of the molecule is O=S(=O)(c1ccccc1)N1Cc2occc2CC2(C1)CN(S(=O)(=O)c1ccccc1)c1ccccc12. The summed E-state index contributed by atoms with van der Waals surface area (Å²) in [4.78, 5) is 0.387. The number of nitrogens with zero attached hydrogens (tertiary/aromatic N) is 2. The molecule has 1 unspecified atom stereocenters. The van der Waals surface area contributed by atoms with E-state index in [1.807, 2.05) is 24.3 Å². The van der Waals surface area contributed by atoms with Crippen LogP contribution in [0.3, 0.4) is 0 Å². The Morgan fingerprint density at radius 2 is 1.31 bits per heavy atom. The maximum Gasteiger partial charge on any atom is 0.264 e. The van der Waals surface area contributed by atoms with Gasteiger partial charge in [0.05, 0.1) is 28.3 Å². The number of fused-ring (bicyclic) bond motifs is 3. The molecule has 1 atom stereocenters. The van der Waals surface area contributed by atoms with Gasteiger partial charge >= 0.3 is 0 Å². The summed E-state index contributed by atoms with van der Waals surface area (Å²) in [7, 11) is -7.74. The molecule has 0 aliphatic carbocycles. The molecule has 6 rings (SSSR count). The number of furan rings is 1. The Balaban J connectivity index is 1.51. The van der Waals surface area contributed by atoms with Crippen molar-refractivity contribution in [2.75, 3.05) is 17.4 Å². The number of rotatable bonds is 4. The third-order valence-electron chi connectivity index (χ3n) is 7.07. The van der Waals surface area contributed by atoms with Crippen molar-refractivity contribution < 1.29 is 21.3 Å². The Labute approximate surface area is 210 Å². The molecule has 7 nitrogen and oxygen atoms in total. The van der Waals surface area contributed by atoms with Gasteiger partial charge in [-0.25, -0.2) is 16.8 Å². The smallest absolute Gasteiger partial charge is 0.264 e. The van der Waals surface area contributed by atoms with Gasteiger partial charge in [-0.1, -0.05) is 54.6 Å². The Morgan fingerprint density at radius 3 is 2.00 bits per heavy atom. The number of anilines is 1. The summed E-state index contributed by atoms with van der Waals surface area (Å²) in [5.41, 5.74) is 1.47. The molecule has 2 aliphatic heterocycles. The maximum atomic E-state index is 13.8. The lowest BCUT2D eigenvalue weighted by Crippen LogP contribution is -2.46. The predicted octanol–water partition coefficient (Wildman–Crippen LogP) is 4.17. The van der Waals surface area contributed by atoms with Crippen molar-refractivity contribution in [3.63, 3.8) is 0 Å². The van der Waals surface area contributed by atoms with Crippen LogP contribution < -0.4 is 4.31 Å². The lowest BCUT2D eigenvalue weighted by Gasteiger charge is -2.33. The molecule has 0 radical (unpaired) electrons. The molecular formula is C27H24N2O5S2. The van der Waals surface area contributed by atoms with E-state index >= 15 is 0 Å². The largest absolute Gasteiger partial charge is 0.468 e. The summed E-state index contributed by atoms with van der Waals surface area (Å²) in [6, 6.07) is 25.9. The lowest BCUT2D eigenvalue weighted by atomic mass is 9.77. The van der Waals surface area contributed by atoms with Crippen LogP contribution in [0.4, 0.5) is 5.69 Å². The van der Waals surface area contributed by atoms with Gasteiger partial charge in [0, 0.05) is 18.5 Å². The minimum atomic E-state index is -3.87. The van der Waals surface area contributed by atoms with Crippen LogP contribution in [0.25, 0.3) is 0 Å². The third-order valence-corrected chi connectivity index (χ3v) is 10.6. The van der Waals surface area contributed by atoms with Gasteiger partial charge in [0.15, 0.2) is 0 Å². The molecule has 3 heterocycles. The highest BCUT2D eigenvalue weighted by Crippen LogP contribution is 2.48. The van der Waals surface area contributed by atoms with E-state index in [-0.39, 0.29) is 29.4 Å². The molecule has 184 valence electrons. The number of sulfonamides is 2. The molecule has 0 amide bonds. The van der Waals surface area contributed by atoms with Crippen molar-refractivity contribution in [1.29, 1.82) is 0 Å². The van der Waals surface area contributed by atoms with Crippen LogP contribution in [0.2, 0.25) is 0 Å². The van der Waals surface area contributed by atoms with Gasteiger partial charge in [0.1, 0.15) is 5.76 Å². The van der Waals surface area contributed by atoms with Crippen molar-refractivity contribution in [2.24, 2.45) is 0 Å². The standard InChI is InChI=1S/C27H24N2O5S2/c30-35(31,22-9-3-1-4-10-22)28-18-26-21(15-16-34-26)17-27(19-28)20-29(25-14-8-7-13-24(25)27)36(32,33)23-11-5-2-6-12-23/h1-16H,17-20H2. The molecule has 36 heavy (non-hydrogen) atoms. The molecule has 2 aliphatic rings. The summed E-state index contributed by atoms with van der Waals surface area (Å²) < 4.78 is 63.7. The van der Waals surface area contributed by atoms with Crippen LogP contribution in [0.1, 0.15) is 16.9 Å². The first-order chi connectivity index (χ1) is 17.3. The number of hydrogen-bond acceptors (Lipinski definition) is 5. The van der Waals surface area contributed by atoms with Gasteiger partial charge in [0.2, 0.25) is 10.0 Å². The highest BCUT2D eigenvalue weighted by atomic mass is 32.2. The molecule has 9 heteroatoms. The zero-order valence-electron chi connectivity index (χ0n) is 19.3. The van der Waals surface area contributed by atoms with Gasteiger partial charge in [-0.3, -0.25) is 4.31 Å². The quantitative estimate of drug-likeness (QED) is 0.403. The fourth-order valence-corrected chi connectivity index (χ4v) is 8.45. The molecular weight excluding hydrogens is 496 g/mol. The second-order valence-corrected chi connectivity index (χ2v) is 13.1. The topological polar surface area (TPSA) is 87.9 Å². The van der Waals surface area contributed by atoms with E-state index < -0.39 is 25.5 Å². The van der Waals surface area contributed by atoms with Crippen molar-refractivity contribution in [1.82, 2.24) is 4.31 Å². The van der Waals surface area contributed by atoms with Gasteiger partial charge in [0.25, 0.3) is 10.0 Å². The minimum Gasteiger partial charge on any atom is -0.468 e. The van der Waals surface area contributed by atoms with Gasteiger partial charge in [-0.2, -0.15) is 4.31 Å². The van der Waals surface area contributed by atoms with E-state index in [0.717, 1.165) is 11.1 Å². The number of hydrogen-bond donors (Lipinski definition) is 0. The lowest BCUT2D eigenvalue weighted by molar-refractivity contribution is 0.307. The molecule has 4 aromatic rings. The van der Waals surface area contributed by atoms with E-state index in [2.05, 4.69) is 0 Å². The summed E-state index contributed by atoms with van der Waals surface area (Å²) in [6.07, 6.45) is 2.02. The van der Waals surface area contributed by atoms with Crippen molar-refractivity contribution in [3.05, 3.63) is 114 Å². The van der Waals surface area contributed by atoms with E-state index in [1.54, 1.807) is 73.0 Å². The van der Waals surface area contributed by atoms with Crippen LogP contribution in [0, 0.1) is 0 Å². The van der Waals surface area contributed by atoms with Crippen LogP contribution in [0.15, 0.2) is 111 Å². The number of benzene rings is 3. The van der Waals surface area contributed by atoms with Crippen LogP contribution in [0.5, 0.6) is 0 Å². The fraction of sp³-hybridized carbons (Fsp3) is 0.185. The Hall–Kier alpha value is -3.40. The molecule has 0 fully saturated rings. The molecule has 3 aromatic carbocycles. The first kappa shape index (κ1) is 23.0. The van der Waals surface area contributed by atoms with E-state index in [4.69, 9.17) is 4.42 Å². The van der Waals surface area contributed by atoms with E-state index in [9.17, 15) is 16.8 Å². The van der Waals surface area contributed by atoms with E-state index in [0.29, 0.717) is 17.9 Å². The highest BCUT2D eigenvalue weighted by Gasteiger charge is 2.51. The average Bonchev–Trinajstić information content (AvgIpc) is 3.42. The van der Waals surface area contributed by atoms with Crippen molar-refractivity contribution >= 4 is 25.7 Å². The maximum absolute atomic E-state index is 13.8. The van der Waals surface area contributed by atoms with Crippen LogP contribution >= 0.6 is 0 Å². The van der Waals surface area contributed by atoms with E-state index in [1.165, 1.54) is 8.61 Å². The molecule has 0 saturated heterocycles. The monoisotopic (exact) mass is 520 g/mol. The van der Waals surface area contributed by atoms with Gasteiger partial charge < -0.3 is 4.42 Å². The molecule has 1 spiro atoms. The molecule has 0 bridgehead atoms.